The Hall–Kier alpha value is -1.56. The van der Waals surface area contributed by atoms with Crippen LogP contribution in [0.3, 0.4) is 0 Å². The van der Waals surface area contributed by atoms with Gasteiger partial charge < -0.3 is 5.32 Å². The summed E-state index contributed by atoms with van der Waals surface area (Å²) in [7, 11) is 0. The molecule has 6 heteroatoms. The van der Waals surface area contributed by atoms with E-state index in [1.165, 1.54) is 0 Å². The zero-order valence-corrected chi connectivity index (χ0v) is 12.2. The van der Waals surface area contributed by atoms with Crippen LogP contribution in [0.25, 0.3) is 0 Å². The van der Waals surface area contributed by atoms with Crippen molar-refractivity contribution in [1.82, 2.24) is 5.32 Å². The Bertz CT molecular complexity index is 537. The molecule has 0 heterocycles. The molecule has 1 aliphatic rings. The van der Waals surface area contributed by atoms with Crippen molar-refractivity contribution in [2.45, 2.75) is 45.7 Å². The molecule has 3 unspecified atom stereocenters. The summed E-state index contributed by atoms with van der Waals surface area (Å²) in [6, 6.07) is 1.84. The van der Waals surface area contributed by atoms with Crippen molar-refractivity contribution in [3.63, 3.8) is 0 Å². The maximum atomic E-state index is 13.7. The molecule has 0 aromatic heterocycles. The minimum atomic E-state index is -1.14. The molecule has 0 spiro atoms. The molecule has 0 amide bonds. The highest BCUT2D eigenvalue weighted by Crippen LogP contribution is 2.29. The largest absolute Gasteiger partial charge is 0.310 e. The molecule has 21 heavy (non-hydrogen) atoms. The third-order valence-corrected chi connectivity index (χ3v) is 4.49. The van der Waals surface area contributed by atoms with Crippen LogP contribution in [0.5, 0.6) is 0 Å². The highest BCUT2D eigenvalue weighted by molar-refractivity contribution is 5.37. The van der Waals surface area contributed by atoms with Gasteiger partial charge in [0, 0.05) is 30.3 Å². The standard InChI is InChI=1S/C15H20F2N2O2/c1-9-3-4-12(5-10(9)2)18-8-11-6-15(19(20)21)14(17)7-13(11)16/h6-7,9-10,12,18H,3-5,8H2,1-2H3. The van der Waals surface area contributed by atoms with E-state index in [0.29, 0.717) is 17.9 Å². The number of nitro groups is 1. The summed E-state index contributed by atoms with van der Waals surface area (Å²) in [5, 5.41) is 13.9. The topological polar surface area (TPSA) is 55.2 Å². The number of hydrogen-bond donors (Lipinski definition) is 1. The maximum Gasteiger partial charge on any atom is 0.305 e. The van der Waals surface area contributed by atoms with E-state index in [2.05, 4.69) is 19.2 Å². The van der Waals surface area contributed by atoms with Gasteiger partial charge in [0.2, 0.25) is 5.82 Å². The van der Waals surface area contributed by atoms with Crippen molar-refractivity contribution in [3.05, 3.63) is 39.4 Å². The Morgan fingerprint density at radius 2 is 1.95 bits per heavy atom. The normalized spacial score (nSPS) is 25.8. The summed E-state index contributed by atoms with van der Waals surface area (Å²) in [5.74, 6) is -0.598. The summed E-state index contributed by atoms with van der Waals surface area (Å²) >= 11 is 0. The quantitative estimate of drug-likeness (QED) is 0.679. The van der Waals surface area contributed by atoms with Gasteiger partial charge in [-0.05, 0) is 31.1 Å². The number of nitrogens with one attached hydrogen (secondary N) is 1. The van der Waals surface area contributed by atoms with Gasteiger partial charge >= 0.3 is 5.69 Å². The molecule has 0 saturated heterocycles. The maximum absolute atomic E-state index is 13.7. The fraction of sp³-hybridized carbons (Fsp3) is 0.600. The van der Waals surface area contributed by atoms with Gasteiger partial charge in [-0.15, -0.1) is 0 Å². The van der Waals surface area contributed by atoms with Crippen molar-refractivity contribution in [1.29, 1.82) is 0 Å². The Labute approximate surface area is 122 Å². The molecule has 1 aromatic carbocycles. The van der Waals surface area contributed by atoms with E-state index < -0.39 is 22.2 Å². The first-order valence-electron chi connectivity index (χ1n) is 7.24. The van der Waals surface area contributed by atoms with Gasteiger partial charge in [-0.25, -0.2) is 4.39 Å². The molecule has 1 N–H and O–H groups in total. The molecular formula is C15H20F2N2O2. The smallest absolute Gasteiger partial charge is 0.305 e. The van der Waals surface area contributed by atoms with E-state index in [4.69, 9.17) is 0 Å². The van der Waals surface area contributed by atoms with E-state index in [1.807, 2.05) is 0 Å². The number of benzene rings is 1. The number of hydrogen-bond acceptors (Lipinski definition) is 3. The SMILES string of the molecule is CC1CCC(NCc2cc([N+](=O)[O-])c(F)cc2F)CC1C. The Morgan fingerprint density at radius 1 is 1.24 bits per heavy atom. The lowest BCUT2D eigenvalue weighted by Crippen LogP contribution is -2.36. The number of nitrogens with zero attached hydrogens (tertiary/aromatic N) is 1. The van der Waals surface area contributed by atoms with Crippen LogP contribution >= 0.6 is 0 Å². The lowest BCUT2D eigenvalue weighted by atomic mass is 9.79. The Kier molecular flexibility index (Phi) is 4.88. The highest BCUT2D eigenvalue weighted by Gasteiger charge is 2.25. The van der Waals surface area contributed by atoms with Gasteiger partial charge in [-0.1, -0.05) is 13.8 Å². The summed E-state index contributed by atoms with van der Waals surface area (Å²) in [5.41, 5.74) is -0.548. The fourth-order valence-electron chi connectivity index (χ4n) is 2.84. The molecular weight excluding hydrogens is 278 g/mol. The molecule has 1 fully saturated rings. The first-order valence-corrected chi connectivity index (χ1v) is 7.24. The zero-order valence-electron chi connectivity index (χ0n) is 12.2. The molecule has 0 radical (unpaired) electrons. The Balaban J connectivity index is 2.03. The van der Waals surface area contributed by atoms with Crippen molar-refractivity contribution in [2.24, 2.45) is 11.8 Å². The van der Waals surface area contributed by atoms with Crippen LogP contribution in [-0.4, -0.2) is 11.0 Å². The van der Waals surface area contributed by atoms with E-state index >= 15 is 0 Å². The average Bonchev–Trinajstić information content (AvgIpc) is 2.41. The second kappa shape index (κ2) is 6.47. The molecule has 4 nitrogen and oxygen atoms in total. The van der Waals surface area contributed by atoms with E-state index in [0.717, 1.165) is 25.3 Å². The van der Waals surface area contributed by atoms with E-state index in [1.54, 1.807) is 0 Å². The van der Waals surface area contributed by atoms with Crippen molar-refractivity contribution in [2.75, 3.05) is 0 Å². The summed E-state index contributed by atoms with van der Waals surface area (Å²) < 4.78 is 27.0. The van der Waals surface area contributed by atoms with Crippen LogP contribution in [0, 0.1) is 33.6 Å². The molecule has 116 valence electrons. The van der Waals surface area contributed by atoms with Gasteiger partial charge in [0.25, 0.3) is 0 Å². The summed E-state index contributed by atoms with van der Waals surface area (Å²) in [4.78, 5) is 9.86. The number of halogens is 2. The van der Waals surface area contributed by atoms with Crippen LogP contribution in [0.2, 0.25) is 0 Å². The van der Waals surface area contributed by atoms with Gasteiger partial charge in [0.15, 0.2) is 0 Å². The average molecular weight is 298 g/mol. The zero-order chi connectivity index (χ0) is 15.6. The third kappa shape index (κ3) is 3.75. The molecule has 0 bridgehead atoms. The van der Waals surface area contributed by atoms with Gasteiger partial charge in [-0.3, -0.25) is 10.1 Å². The van der Waals surface area contributed by atoms with Crippen LogP contribution in [0.15, 0.2) is 12.1 Å². The first-order chi connectivity index (χ1) is 9.88. The second-order valence-electron chi connectivity index (χ2n) is 6.00. The summed E-state index contributed by atoms with van der Waals surface area (Å²) in [6.07, 6.45) is 3.13. The molecule has 1 aromatic rings. The van der Waals surface area contributed by atoms with Crippen molar-refractivity contribution >= 4 is 5.69 Å². The minimum absolute atomic E-state index is 0.134. The second-order valence-corrected chi connectivity index (χ2v) is 6.00. The molecule has 2 rings (SSSR count). The predicted molar refractivity (Wildman–Crippen MR) is 75.8 cm³/mol. The molecule has 3 atom stereocenters. The monoisotopic (exact) mass is 298 g/mol. The van der Waals surface area contributed by atoms with Gasteiger partial charge in [-0.2, -0.15) is 4.39 Å². The molecule has 1 aliphatic carbocycles. The Morgan fingerprint density at radius 3 is 2.57 bits per heavy atom. The van der Waals surface area contributed by atoms with Crippen LogP contribution in [-0.2, 0) is 6.54 Å². The van der Waals surface area contributed by atoms with Gasteiger partial charge in [0.1, 0.15) is 5.82 Å². The van der Waals surface area contributed by atoms with Crippen LogP contribution in [0.4, 0.5) is 14.5 Å². The first kappa shape index (κ1) is 15.8. The van der Waals surface area contributed by atoms with E-state index in [-0.39, 0.29) is 18.2 Å². The molecule has 0 aliphatic heterocycles. The molecule has 1 saturated carbocycles. The highest BCUT2D eigenvalue weighted by atomic mass is 19.1. The van der Waals surface area contributed by atoms with Crippen molar-refractivity contribution < 1.29 is 13.7 Å². The van der Waals surface area contributed by atoms with Crippen molar-refractivity contribution in [3.8, 4) is 0 Å². The lowest BCUT2D eigenvalue weighted by molar-refractivity contribution is -0.387. The number of rotatable bonds is 4. The number of nitro benzene ring substituents is 1. The predicted octanol–water partition coefficient (Wildman–Crippen LogP) is 3.79. The fourth-order valence-corrected chi connectivity index (χ4v) is 2.84. The third-order valence-electron chi connectivity index (χ3n) is 4.49. The minimum Gasteiger partial charge on any atom is -0.310 e. The van der Waals surface area contributed by atoms with Crippen LogP contribution < -0.4 is 5.32 Å². The van der Waals surface area contributed by atoms with Crippen LogP contribution in [0.1, 0.15) is 38.7 Å². The lowest BCUT2D eigenvalue weighted by Gasteiger charge is -2.32. The van der Waals surface area contributed by atoms with Gasteiger partial charge in [0.05, 0.1) is 4.92 Å². The summed E-state index contributed by atoms with van der Waals surface area (Å²) in [6.45, 7) is 4.60. The van der Waals surface area contributed by atoms with E-state index in [9.17, 15) is 18.9 Å².